The molecule has 0 saturated carbocycles. The highest BCUT2D eigenvalue weighted by Gasteiger charge is 2.32. The first kappa shape index (κ1) is 33.2. The SMILES string of the molecule is CC(C)(C)OC(=O)CNC(Cc1ccc(O)cc1S(=O)(=O)c1nccc2ccccc12)C(=O)N1CCN(c2cccc(Cl)c2)CC1. The van der Waals surface area contributed by atoms with Gasteiger partial charge in [0.25, 0.3) is 0 Å². The summed E-state index contributed by atoms with van der Waals surface area (Å²) in [6, 6.07) is 19.3. The van der Waals surface area contributed by atoms with Crippen molar-refractivity contribution >= 4 is 49.8 Å². The van der Waals surface area contributed by atoms with Crippen molar-refractivity contribution in [1.29, 1.82) is 0 Å². The van der Waals surface area contributed by atoms with E-state index in [2.05, 4.69) is 15.2 Å². The molecule has 1 amide bonds. The second-order valence-corrected chi connectivity index (χ2v) is 14.4. The molecule has 1 fully saturated rings. The highest BCUT2D eigenvalue weighted by atomic mass is 35.5. The summed E-state index contributed by atoms with van der Waals surface area (Å²) < 4.78 is 33.7. The Bertz CT molecular complexity index is 1850. The lowest BCUT2D eigenvalue weighted by Crippen LogP contribution is -2.55. The average Bonchev–Trinajstić information content (AvgIpc) is 3.02. The number of amides is 1. The minimum Gasteiger partial charge on any atom is -0.508 e. The molecule has 5 rings (SSSR count). The number of hydrogen-bond acceptors (Lipinski definition) is 9. The zero-order chi connectivity index (χ0) is 33.1. The van der Waals surface area contributed by atoms with Gasteiger partial charge in [-0.15, -0.1) is 0 Å². The number of rotatable bonds is 9. The van der Waals surface area contributed by atoms with Crippen LogP contribution in [-0.4, -0.2) is 79.7 Å². The summed E-state index contributed by atoms with van der Waals surface area (Å²) in [5.74, 6) is -1.08. The third-order valence-electron chi connectivity index (χ3n) is 7.63. The van der Waals surface area contributed by atoms with Crippen LogP contribution in [0.5, 0.6) is 5.75 Å². The quantitative estimate of drug-likeness (QED) is 0.246. The van der Waals surface area contributed by atoms with Gasteiger partial charge < -0.3 is 19.6 Å². The van der Waals surface area contributed by atoms with E-state index in [0.717, 1.165) is 5.69 Å². The standard InChI is InChI=1S/C34H37ClN4O6S/c1-34(2,3)45-31(41)22-37-29(33(42)39-17-15-38(16-18-39)26-9-6-8-25(35)20-26)19-24-11-12-27(40)21-30(24)46(43,44)32-28-10-5-4-7-23(28)13-14-36-32/h4-14,20-21,29,37,40H,15-19,22H2,1-3H3. The van der Waals surface area contributed by atoms with Gasteiger partial charge in [-0.3, -0.25) is 14.9 Å². The van der Waals surface area contributed by atoms with Crippen LogP contribution in [0.15, 0.2) is 88.9 Å². The fraction of sp³-hybridized carbons (Fsp3) is 0.324. The van der Waals surface area contributed by atoms with E-state index in [4.69, 9.17) is 16.3 Å². The molecule has 1 aliphatic heterocycles. The zero-order valence-corrected chi connectivity index (χ0v) is 27.5. The van der Waals surface area contributed by atoms with E-state index in [1.807, 2.05) is 18.2 Å². The van der Waals surface area contributed by atoms with Crippen LogP contribution in [0.1, 0.15) is 26.3 Å². The third kappa shape index (κ3) is 7.78. The van der Waals surface area contributed by atoms with Crippen LogP contribution in [0.25, 0.3) is 10.8 Å². The average molecular weight is 665 g/mol. The van der Waals surface area contributed by atoms with Gasteiger partial charge in [-0.1, -0.05) is 48.0 Å². The molecule has 1 aliphatic rings. The van der Waals surface area contributed by atoms with E-state index in [1.165, 1.54) is 24.4 Å². The molecule has 1 unspecified atom stereocenters. The number of benzene rings is 3. The molecule has 2 heterocycles. The maximum absolute atomic E-state index is 14.1. The molecule has 0 bridgehead atoms. The van der Waals surface area contributed by atoms with Gasteiger partial charge in [-0.25, -0.2) is 13.4 Å². The number of esters is 1. The van der Waals surface area contributed by atoms with Crippen LogP contribution in [0, 0.1) is 0 Å². The number of nitrogens with zero attached hydrogens (tertiary/aromatic N) is 3. The minimum absolute atomic E-state index is 0.0737. The summed E-state index contributed by atoms with van der Waals surface area (Å²) in [6.07, 6.45) is 1.35. The van der Waals surface area contributed by atoms with Gasteiger partial charge in [0.2, 0.25) is 15.7 Å². The summed E-state index contributed by atoms with van der Waals surface area (Å²) in [7, 11) is -4.24. The van der Waals surface area contributed by atoms with Gasteiger partial charge in [0.15, 0.2) is 5.03 Å². The van der Waals surface area contributed by atoms with E-state index in [1.54, 1.807) is 62.1 Å². The van der Waals surface area contributed by atoms with E-state index in [0.29, 0.717) is 47.5 Å². The highest BCUT2D eigenvalue weighted by molar-refractivity contribution is 7.91. The topological polar surface area (TPSA) is 129 Å². The number of pyridine rings is 1. The molecule has 0 aliphatic carbocycles. The van der Waals surface area contributed by atoms with E-state index in [9.17, 15) is 23.1 Å². The maximum Gasteiger partial charge on any atom is 0.320 e. The maximum atomic E-state index is 14.1. The highest BCUT2D eigenvalue weighted by Crippen LogP contribution is 2.31. The van der Waals surface area contributed by atoms with Crippen LogP contribution in [0.4, 0.5) is 5.69 Å². The van der Waals surface area contributed by atoms with Crippen molar-refractivity contribution in [3.8, 4) is 5.75 Å². The predicted molar refractivity (Wildman–Crippen MR) is 177 cm³/mol. The van der Waals surface area contributed by atoms with Crippen molar-refractivity contribution in [3.05, 3.63) is 89.6 Å². The van der Waals surface area contributed by atoms with Gasteiger partial charge in [-0.05, 0) is 74.5 Å². The summed E-state index contributed by atoms with van der Waals surface area (Å²) in [5, 5.41) is 15.0. The monoisotopic (exact) mass is 664 g/mol. The number of carbonyl (C=O) groups is 2. The fourth-order valence-corrected chi connectivity index (χ4v) is 7.34. The summed E-state index contributed by atoms with van der Waals surface area (Å²) in [6.45, 7) is 6.95. The van der Waals surface area contributed by atoms with Crippen LogP contribution < -0.4 is 10.2 Å². The number of piperazine rings is 1. The number of carbonyl (C=O) groups excluding carboxylic acids is 2. The third-order valence-corrected chi connectivity index (χ3v) is 9.66. The number of ether oxygens (including phenoxy) is 1. The Morgan fingerprint density at radius 1 is 1.00 bits per heavy atom. The number of aromatic hydroxyl groups is 1. The van der Waals surface area contributed by atoms with Crippen molar-refractivity contribution in [2.45, 2.75) is 48.8 Å². The second kappa shape index (κ2) is 13.7. The molecule has 0 spiro atoms. The van der Waals surface area contributed by atoms with E-state index < -0.39 is 27.4 Å². The molecular weight excluding hydrogens is 628 g/mol. The van der Waals surface area contributed by atoms with Gasteiger partial charge in [0.1, 0.15) is 11.4 Å². The van der Waals surface area contributed by atoms with Crippen molar-refractivity contribution in [3.63, 3.8) is 0 Å². The Morgan fingerprint density at radius 2 is 1.74 bits per heavy atom. The largest absolute Gasteiger partial charge is 0.508 e. The van der Waals surface area contributed by atoms with Gasteiger partial charge in [-0.2, -0.15) is 0 Å². The summed E-state index contributed by atoms with van der Waals surface area (Å²) in [5.41, 5.74) is 0.527. The number of halogens is 1. The second-order valence-electron chi connectivity index (χ2n) is 12.1. The first-order chi connectivity index (χ1) is 21.8. The number of fused-ring (bicyclic) bond motifs is 1. The van der Waals surface area contributed by atoms with Crippen molar-refractivity contribution in [2.75, 3.05) is 37.6 Å². The normalized spacial score (nSPS) is 14.7. The number of hydrogen-bond donors (Lipinski definition) is 2. The molecule has 1 saturated heterocycles. The van der Waals surface area contributed by atoms with Crippen molar-refractivity contribution < 1.29 is 27.9 Å². The Labute approximate surface area is 273 Å². The van der Waals surface area contributed by atoms with E-state index >= 15 is 0 Å². The van der Waals surface area contributed by atoms with Gasteiger partial charge in [0.05, 0.1) is 17.5 Å². The lowest BCUT2D eigenvalue weighted by Gasteiger charge is -2.38. The van der Waals surface area contributed by atoms with Crippen molar-refractivity contribution in [2.24, 2.45) is 0 Å². The number of nitrogens with one attached hydrogen (secondary N) is 1. The van der Waals surface area contributed by atoms with Crippen LogP contribution in [-0.2, 0) is 30.6 Å². The minimum atomic E-state index is -4.24. The number of phenols is 1. The first-order valence-corrected chi connectivity index (χ1v) is 16.8. The molecule has 46 heavy (non-hydrogen) atoms. The number of sulfone groups is 1. The molecule has 12 heteroatoms. The smallest absolute Gasteiger partial charge is 0.320 e. The number of aromatic nitrogens is 1. The molecule has 0 radical (unpaired) electrons. The van der Waals surface area contributed by atoms with Gasteiger partial charge in [0, 0.05) is 48.5 Å². The molecular formula is C34H37ClN4O6S. The van der Waals surface area contributed by atoms with Gasteiger partial charge >= 0.3 is 5.97 Å². The molecule has 242 valence electrons. The molecule has 3 aromatic carbocycles. The summed E-state index contributed by atoms with van der Waals surface area (Å²) >= 11 is 6.18. The Kier molecular flexibility index (Phi) is 9.85. The first-order valence-electron chi connectivity index (χ1n) is 15.0. The lowest BCUT2D eigenvalue weighted by atomic mass is 10.0. The Balaban J connectivity index is 1.44. The number of anilines is 1. The van der Waals surface area contributed by atoms with Crippen LogP contribution in [0.2, 0.25) is 5.02 Å². The Hall–Kier alpha value is -4.19. The molecule has 4 aromatic rings. The lowest BCUT2D eigenvalue weighted by molar-refractivity contribution is -0.153. The molecule has 10 nitrogen and oxygen atoms in total. The molecule has 1 atom stereocenters. The van der Waals surface area contributed by atoms with Crippen LogP contribution in [0.3, 0.4) is 0 Å². The fourth-order valence-electron chi connectivity index (χ4n) is 5.50. The zero-order valence-electron chi connectivity index (χ0n) is 25.9. The molecule has 1 aromatic heterocycles. The van der Waals surface area contributed by atoms with Crippen molar-refractivity contribution in [1.82, 2.24) is 15.2 Å². The predicted octanol–water partition coefficient (Wildman–Crippen LogP) is 4.62. The Morgan fingerprint density at radius 3 is 2.46 bits per heavy atom. The summed E-state index contributed by atoms with van der Waals surface area (Å²) in [4.78, 5) is 34.6. The van der Waals surface area contributed by atoms with Crippen LogP contribution >= 0.6 is 11.6 Å². The number of phenolic OH excluding ortho intramolecular Hbond substituents is 1. The molecule has 2 N–H and O–H groups in total. The van der Waals surface area contributed by atoms with E-state index in [-0.39, 0.29) is 34.5 Å².